The molecule has 1 fully saturated rings. The number of hydrogen-bond donors (Lipinski definition) is 0. The zero-order valence-electron chi connectivity index (χ0n) is 11.7. The van der Waals surface area contributed by atoms with Gasteiger partial charge in [0.1, 0.15) is 0 Å². The minimum absolute atomic E-state index is 0.130. The first kappa shape index (κ1) is 13.4. The molecule has 3 nitrogen and oxygen atoms in total. The highest BCUT2D eigenvalue weighted by Gasteiger charge is 2.48. The molecular formula is C17H20O3. The van der Waals surface area contributed by atoms with Crippen LogP contribution < -0.4 is 0 Å². The average Bonchev–Trinajstić information content (AvgIpc) is 3.08. The number of benzene rings is 1. The summed E-state index contributed by atoms with van der Waals surface area (Å²) in [5.74, 6) is 0.442. The van der Waals surface area contributed by atoms with Crippen molar-refractivity contribution >= 4 is 5.97 Å². The van der Waals surface area contributed by atoms with E-state index in [0.29, 0.717) is 12.5 Å². The van der Waals surface area contributed by atoms with E-state index in [1.54, 1.807) is 6.92 Å². The smallest absolute Gasteiger partial charge is 0.318 e. The number of hydrogen-bond acceptors (Lipinski definition) is 3. The van der Waals surface area contributed by atoms with Gasteiger partial charge in [-0.25, -0.2) is 0 Å². The Morgan fingerprint density at radius 1 is 1.40 bits per heavy atom. The van der Waals surface area contributed by atoms with Crippen LogP contribution in [0.25, 0.3) is 0 Å². The molecule has 3 atom stereocenters. The van der Waals surface area contributed by atoms with Crippen molar-refractivity contribution in [3.8, 4) is 0 Å². The van der Waals surface area contributed by atoms with Gasteiger partial charge in [-0.15, -0.1) is 0 Å². The summed E-state index contributed by atoms with van der Waals surface area (Å²) in [6, 6.07) is 9.89. The zero-order chi connectivity index (χ0) is 14.0. The molecule has 0 saturated heterocycles. The van der Waals surface area contributed by atoms with Crippen LogP contribution in [-0.2, 0) is 20.9 Å². The van der Waals surface area contributed by atoms with Gasteiger partial charge in [0.2, 0.25) is 6.29 Å². The van der Waals surface area contributed by atoms with E-state index in [0.717, 1.165) is 24.8 Å². The van der Waals surface area contributed by atoms with Gasteiger partial charge in [-0.1, -0.05) is 42.5 Å². The Morgan fingerprint density at radius 2 is 2.20 bits per heavy atom. The lowest BCUT2D eigenvalue weighted by Crippen LogP contribution is -2.31. The van der Waals surface area contributed by atoms with Crippen LogP contribution in [0, 0.1) is 11.3 Å². The maximum Gasteiger partial charge on any atom is 0.318 e. The number of fused-ring (bicyclic) bond motifs is 2. The Labute approximate surface area is 119 Å². The fourth-order valence-corrected chi connectivity index (χ4v) is 3.09. The van der Waals surface area contributed by atoms with Gasteiger partial charge in [0.05, 0.1) is 12.0 Å². The predicted octanol–water partition coefficient (Wildman–Crippen LogP) is 3.45. The quantitative estimate of drug-likeness (QED) is 0.468. The second kappa shape index (κ2) is 5.41. The Hall–Kier alpha value is -1.61. The van der Waals surface area contributed by atoms with Crippen LogP contribution in [0.3, 0.4) is 0 Å². The average molecular weight is 272 g/mol. The van der Waals surface area contributed by atoms with Crippen LogP contribution >= 0.6 is 0 Å². The van der Waals surface area contributed by atoms with Crippen LogP contribution in [0.2, 0.25) is 0 Å². The molecule has 3 heteroatoms. The van der Waals surface area contributed by atoms with Gasteiger partial charge in [-0.05, 0) is 37.7 Å². The summed E-state index contributed by atoms with van der Waals surface area (Å²) >= 11 is 0. The number of carbonyl (C=O) groups is 1. The van der Waals surface area contributed by atoms with Crippen LogP contribution in [0.1, 0.15) is 31.7 Å². The lowest BCUT2D eigenvalue weighted by Gasteiger charge is -2.24. The summed E-state index contributed by atoms with van der Waals surface area (Å²) in [6.45, 7) is 2.24. The minimum atomic E-state index is -0.509. The van der Waals surface area contributed by atoms with E-state index in [1.165, 1.54) is 0 Å². The third kappa shape index (κ3) is 2.63. The van der Waals surface area contributed by atoms with Gasteiger partial charge in [0.15, 0.2) is 0 Å². The number of rotatable bonds is 5. The first-order valence-corrected chi connectivity index (χ1v) is 7.24. The van der Waals surface area contributed by atoms with Gasteiger partial charge < -0.3 is 9.47 Å². The number of ether oxygens (including phenoxy) is 2. The highest BCUT2D eigenvalue weighted by molar-refractivity contribution is 5.80. The van der Waals surface area contributed by atoms with Gasteiger partial charge in [0.25, 0.3) is 0 Å². The molecule has 0 aliphatic heterocycles. The molecule has 20 heavy (non-hydrogen) atoms. The fourth-order valence-electron chi connectivity index (χ4n) is 3.09. The van der Waals surface area contributed by atoms with Gasteiger partial charge in [-0.3, -0.25) is 4.79 Å². The van der Waals surface area contributed by atoms with E-state index in [-0.39, 0.29) is 11.4 Å². The molecule has 0 amide bonds. The highest BCUT2D eigenvalue weighted by Crippen LogP contribution is 2.49. The summed E-state index contributed by atoms with van der Waals surface area (Å²) in [6.07, 6.45) is 6.61. The number of carbonyl (C=O) groups excluding carboxylic acids is 1. The monoisotopic (exact) mass is 272 g/mol. The molecule has 2 aliphatic carbocycles. The second-order valence-corrected chi connectivity index (χ2v) is 5.79. The van der Waals surface area contributed by atoms with E-state index in [4.69, 9.17) is 9.47 Å². The molecule has 0 radical (unpaired) electrons. The standard InChI is InChI=1S/C17H20O3/c1-13(19-12-15-5-3-2-4-6-15)20-16(18)17-9-7-14(11-17)8-10-17/h2-7,9,13-14H,8,10-12H2,1H3. The molecule has 0 aromatic heterocycles. The van der Waals surface area contributed by atoms with Gasteiger partial charge in [0, 0.05) is 0 Å². The highest BCUT2D eigenvalue weighted by atomic mass is 16.7. The topological polar surface area (TPSA) is 35.5 Å². The predicted molar refractivity (Wildman–Crippen MR) is 75.7 cm³/mol. The molecule has 2 aliphatic rings. The second-order valence-electron chi connectivity index (χ2n) is 5.79. The van der Waals surface area contributed by atoms with E-state index >= 15 is 0 Å². The molecule has 2 bridgehead atoms. The molecule has 1 aromatic carbocycles. The maximum atomic E-state index is 12.3. The largest absolute Gasteiger partial charge is 0.435 e. The molecule has 0 heterocycles. The van der Waals surface area contributed by atoms with Crippen molar-refractivity contribution in [3.63, 3.8) is 0 Å². The van der Waals surface area contributed by atoms with E-state index in [2.05, 4.69) is 6.08 Å². The van der Waals surface area contributed by atoms with Crippen molar-refractivity contribution in [3.05, 3.63) is 48.0 Å². The lowest BCUT2D eigenvalue weighted by molar-refractivity contribution is -0.185. The molecule has 3 unspecified atom stereocenters. The Kier molecular flexibility index (Phi) is 3.62. The first-order valence-electron chi connectivity index (χ1n) is 7.24. The van der Waals surface area contributed by atoms with Crippen molar-refractivity contribution < 1.29 is 14.3 Å². The summed E-state index contributed by atoms with van der Waals surface area (Å²) in [7, 11) is 0. The Balaban J connectivity index is 1.50. The number of esters is 1. The molecule has 1 aromatic rings. The van der Waals surface area contributed by atoms with Crippen molar-refractivity contribution in [1.82, 2.24) is 0 Å². The van der Waals surface area contributed by atoms with Crippen LogP contribution in [0.5, 0.6) is 0 Å². The normalized spacial score (nSPS) is 28.6. The fraction of sp³-hybridized carbons (Fsp3) is 0.471. The summed E-state index contributed by atoms with van der Waals surface area (Å²) in [5.41, 5.74) is 0.713. The van der Waals surface area contributed by atoms with E-state index in [9.17, 15) is 4.79 Å². The number of allylic oxidation sites excluding steroid dienone is 1. The Morgan fingerprint density at radius 3 is 2.80 bits per heavy atom. The van der Waals surface area contributed by atoms with Crippen molar-refractivity contribution in [2.75, 3.05) is 0 Å². The molecule has 0 spiro atoms. The molecule has 3 rings (SSSR count). The first-order chi connectivity index (χ1) is 9.68. The Bertz CT molecular complexity index is 508. The third-order valence-electron chi connectivity index (χ3n) is 4.28. The summed E-state index contributed by atoms with van der Waals surface area (Å²) in [5, 5.41) is 0. The van der Waals surface area contributed by atoms with Crippen LogP contribution in [0.4, 0.5) is 0 Å². The van der Waals surface area contributed by atoms with Gasteiger partial charge >= 0.3 is 5.97 Å². The lowest BCUT2D eigenvalue weighted by atomic mass is 9.88. The summed E-state index contributed by atoms with van der Waals surface area (Å²) in [4.78, 5) is 12.3. The van der Waals surface area contributed by atoms with Crippen LogP contribution in [0.15, 0.2) is 42.5 Å². The van der Waals surface area contributed by atoms with Crippen molar-refractivity contribution in [2.24, 2.45) is 11.3 Å². The molecule has 106 valence electrons. The third-order valence-corrected chi connectivity index (χ3v) is 4.28. The zero-order valence-corrected chi connectivity index (χ0v) is 11.7. The van der Waals surface area contributed by atoms with E-state index < -0.39 is 6.29 Å². The minimum Gasteiger partial charge on any atom is -0.435 e. The van der Waals surface area contributed by atoms with E-state index in [1.807, 2.05) is 36.4 Å². The molecule has 0 N–H and O–H groups in total. The molecular weight excluding hydrogens is 252 g/mol. The van der Waals surface area contributed by atoms with Crippen LogP contribution in [-0.4, -0.2) is 12.3 Å². The molecule has 1 saturated carbocycles. The van der Waals surface area contributed by atoms with Gasteiger partial charge in [-0.2, -0.15) is 0 Å². The van der Waals surface area contributed by atoms with Crippen molar-refractivity contribution in [1.29, 1.82) is 0 Å². The summed E-state index contributed by atoms with van der Waals surface area (Å²) < 4.78 is 11.1. The SMILES string of the molecule is CC(OCc1ccccc1)OC(=O)C12C=CC(CC1)C2. The maximum absolute atomic E-state index is 12.3. The van der Waals surface area contributed by atoms with Crippen molar-refractivity contribution in [2.45, 2.75) is 39.1 Å².